The third-order valence-corrected chi connectivity index (χ3v) is 2.34. The van der Waals surface area contributed by atoms with Crippen LogP contribution in [-0.2, 0) is 6.18 Å². The van der Waals surface area contributed by atoms with Gasteiger partial charge in [0.1, 0.15) is 5.82 Å². The van der Waals surface area contributed by atoms with Crippen LogP contribution in [0.1, 0.15) is 29.9 Å². The molecule has 0 nitrogen and oxygen atoms in total. The van der Waals surface area contributed by atoms with Crippen LogP contribution in [0.3, 0.4) is 0 Å². The molecule has 0 atom stereocenters. The second-order valence-electron chi connectivity index (χ2n) is 3.51. The fourth-order valence-corrected chi connectivity index (χ4v) is 1.43. The van der Waals surface area contributed by atoms with Crippen LogP contribution in [0.25, 0.3) is 0 Å². The molecule has 1 fully saturated rings. The second-order valence-corrected chi connectivity index (χ2v) is 3.51. The molecule has 1 aliphatic rings. The standard InChI is InChI=1S/C10H8F4/c11-9-4-3-7(6-1-2-6)5-8(9)10(12,13)14/h3-6H,1-2H2. The van der Waals surface area contributed by atoms with Crippen molar-refractivity contribution in [1.82, 2.24) is 0 Å². The number of halogens is 4. The van der Waals surface area contributed by atoms with E-state index in [4.69, 9.17) is 0 Å². The van der Waals surface area contributed by atoms with E-state index in [1.807, 2.05) is 0 Å². The first-order valence-electron chi connectivity index (χ1n) is 4.35. The molecule has 1 aromatic carbocycles. The summed E-state index contributed by atoms with van der Waals surface area (Å²) in [7, 11) is 0. The van der Waals surface area contributed by atoms with Gasteiger partial charge in [0.2, 0.25) is 0 Å². The van der Waals surface area contributed by atoms with Crippen LogP contribution in [0, 0.1) is 5.82 Å². The van der Waals surface area contributed by atoms with Gasteiger partial charge >= 0.3 is 6.18 Å². The Labute approximate surface area is 78.5 Å². The summed E-state index contributed by atoms with van der Waals surface area (Å²) in [5.41, 5.74) is -0.555. The number of hydrogen-bond acceptors (Lipinski definition) is 0. The first kappa shape index (κ1) is 9.49. The molecule has 0 unspecified atom stereocenters. The van der Waals surface area contributed by atoms with E-state index < -0.39 is 17.6 Å². The molecule has 76 valence electrons. The largest absolute Gasteiger partial charge is 0.419 e. The van der Waals surface area contributed by atoms with Crippen LogP contribution in [0.4, 0.5) is 17.6 Å². The normalized spacial score (nSPS) is 17.1. The van der Waals surface area contributed by atoms with Crippen molar-refractivity contribution in [2.24, 2.45) is 0 Å². The third-order valence-electron chi connectivity index (χ3n) is 2.34. The van der Waals surface area contributed by atoms with Crippen LogP contribution < -0.4 is 0 Å². The molecule has 14 heavy (non-hydrogen) atoms. The Kier molecular flexibility index (Phi) is 2.01. The van der Waals surface area contributed by atoms with Crippen molar-refractivity contribution in [3.05, 3.63) is 35.1 Å². The van der Waals surface area contributed by atoms with Gasteiger partial charge in [0.05, 0.1) is 5.56 Å². The Hall–Kier alpha value is -1.06. The molecule has 0 N–H and O–H groups in total. The maximum absolute atomic E-state index is 12.8. The molecule has 0 radical (unpaired) electrons. The van der Waals surface area contributed by atoms with Gasteiger partial charge in [-0.05, 0) is 36.5 Å². The summed E-state index contributed by atoms with van der Waals surface area (Å²) in [6.45, 7) is 0. The van der Waals surface area contributed by atoms with E-state index in [1.165, 1.54) is 6.07 Å². The zero-order valence-electron chi connectivity index (χ0n) is 7.24. The van der Waals surface area contributed by atoms with E-state index in [-0.39, 0.29) is 5.92 Å². The summed E-state index contributed by atoms with van der Waals surface area (Å²) in [6, 6.07) is 3.26. The van der Waals surface area contributed by atoms with Crippen molar-refractivity contribution in [3.8, 4) is 0 Å². The summed E-state index contributed by atoms with van der Waals surface area (Å²) >= 11 is 0. The van der Waals surface area contributed by atoms with Gasteiger partial charge in [-0.25, -0.2) is 4.39 Å². The first-order valence-corrected chi connectivity index (χ1v) is 4.35. The minimum absolute atomic E-state index is 0.205. The molecule has 0 amide bonds. The zero-order chi connectivity index (χ0) is 10.3. The molecule has 2 rings (SSSR count). The smallest absolute Gasteiger partial charge is 0.206 e. The predicted octanol–water partition coefficient (Wildman–Crippen LogP) is 3.72. The van der Waals surface area contributed by atoms with Crippen LogP contribution in [-0.4, -0.2) is 0 Å². The van der Waals surface area contributed by atoms with Crippen molar-refractivity contribution in [1.29, 1.82) is 0 Å². The van der Waals surface area contributed by atoms with Crippen LogP contribution in [0.5, 0.6) is 0 Å². The maximum atomic E-state index is 12.8. The van der Waals surface area contributed by atoms with Crippen molar-refractivity contribution in [2.45, 2.75) is 24.9 Å². The van der Waals surface area contributed by atoms with E-state index in [0.717, 1.165) is 25.0 Å². The van der Waals surface area contributed by atoms with Crippen molar-refractivity contribution in [2.75, 3.05) is 0 Å². The average molecular weight is 204 g/mol. The highest BCUT2D eigenvalue weighted by Crippen LogP contribution is 2.42. The molecule has 0 heterocycles. The Bertz CT molecular complexity index is 350. The lowest BCUT2D eigenvalue weighted by atomic mass is 10.1. The van der Waals surface area contributed by atoms with Gasteiger partial charge < -0.3 is 0 Å². The van der Waals surface area contributed by atoms with E-state index in [2.05, 4.69) is 0 Å². The maximum Gasteiger partial charge on any atom is 0.419 e. The summed E-state index contributed by atoms with van der Waals surface area (Å²) in [6.07, 6.45) is -2.78. The van der Waals surface area contributed by atoms with Crippen LogP contribution >= 0.6 is 0 Å². The molecule has 1 aromatic rings. The van der Waals surface area contributed by atoms with E-state index in [9.17, 15) is 17.6 Å². The molecular formula is C10H8F4. The zero-order valence-corrected chi connectivity index (χ0v) is 7.24. The third kappa shape index (κ3) is 1.74. The number of benzene rings is 1. The molecule has 1 aliphatic carbocycles. The molecule has 0 spiro atoms. The summed E-state index contributed by atoms with van der Waals surface area (Å²) in [5, 5.41) is 0. The van der Waals surface area contributed by atoms with Crippen molar-refractivity contribution >= 4 is 0 Å². The number of rotatable bonds is 1. The fourth-order valence-electron chi connectivity index (χ4n) is 1.43. The molecular weight excluding hydrogens is 196 g/mol. The summed E-state index contributed by atoms with van der Waals surface area (Å²) in [5.74, 6) is -0.987. The Balaban J connectivity index is 2.41. The number of alkyl halides is 3. The lowest BCUT2D eigenvalue weighted by molar-refractivity contribution is -0.140. The minimum atomic E-state index is -4.59. The molecule has 0 bridgehead atoms. The fraction of sp³-hybridized carbons (Fsp3) is 0.400. The van der Waals surface area contributed by atoms with E-state index in [1.54, 1.807) is 0 Å². The van der Waals surface area contributed by atoms with Gasteiger partial charge in [0, 0.05) is 0 Å². The summed E-state index contributed by atoms with van der Waals surface area (Å²) < 4.78 is 49.6. The topological polar surface area (TPSA) is 0 Å². The molecule has 0 aliphatic heterocycles. The lowest BCUT2D eigenvalue weighted by Gasteiger charge is -2.09. The quantitative estimate of drug-likeness (QED) is 0.611. The van der Waals surface area contributed by atoms with Crippen LogP contribution in [0.15, 0.2) is 18.2 Å². The van der Waals surface area contributed by atoms with Crippen LogP contribution in [0.2, 0.25) is 0 Å². The van der Waals surface area contributed by atoms with Crippen molar-refractivity contribution in [3.63, 3.8) is 0 Å². The second kappa shape index (κ2) is 2.97. The molecule has 0 saturated heterocycles. The van der Waals surface area contributed by atoms with Crippen molar-refractivity contribution < 1.29 is 17.6 Å². The molecule has 1 saturated carbocycles. The Morgan fingerprint density at radius 2 is 1.79 bits per heavy atom. The summed E-state index contributed by atoms with van der Waals surface area (Å²) in [4.78, 5) is 0. The SMILES string of the molecule is Fc1ccc(C2CC2)cc1C(F)(F)F. The monoisotopic (exact) mass is 204 g/mol. The van der Waals surface area contributed by atoms with Gasteiger partial charge in [-0.3, -0.25) is 0 Å². The first-order chi connectivity index (χ1) is 6.48. The van der Waals surface area contributed by atoms with Gasteiger partial charge in [-0.1, -0.05) is 6.07 Å². The number of hydrogen-bond donors (Lipinski definition) is 0. The van der Waals surface area contributed by atoms with E-state index in [0.29, 0.717) is 5.56 Å². The van der Waals surface area contributed by atoms with E-state index >= 15 is 0 Å². The lowest BCUT2D eigenvalue weighted by Crippen LogP contribution is -2.08. The van der Waals surface area contributed by atoms with Gasteiger partial charge in [-0.2, -0.15) is 13.2 Å². The highest BCUT2D eigenvalue weighted by Gasteiger charge is 2.35. The Morgan fingerprint density at radius 1 is 1.14 bits per heavy atom. The highest BCUT2D eigenvalue weighted by molar-refractivity contribution is 5.31. The Morgan fingerprint density at radius 3 is 2.29 bits per heavy atom. The predicted molar refractivity (Wildman–Crippen MR) is 43.4 cm³/mol. The van der Waals surface area contributed by atoms with Gasteiger partial charge in [0.15, 0.2) is 0 Å². The molecule has 4 heteroatoms. The van der Waals surface area contributed by atoms with Gasteiger partial charge in [-0.15, -0.1) is 0 Å². The minimum Gasteiger partial charge on any atom is -0.206 e. The average Bonchev–Trinajstić information content (AvgIpc) is 2.85. The van der Waals surface area contributed by atoms with Gasteiger partial charge in [0.25, 0.3) is 0 Å². The highest BCUT2D eigenvalue weighted by atomic mass is 19.4. The molecule has 0 aromatic heterocycles.